The molecule has 3 aliphatic carbocycles. The molecule has 0 aromatic carbocycles. The number of nitrogens with zero attached hydrogens (tertiary/aromatic N) is 1. The molecular weight excluding hydrogens is 318 g/mol. The van der Waals surface area contributed by atoms with Crippen molar-refractivity contribution in [2.45, 2.75) is 56.9 Å². The Kier molecular flexibility index (Phi) is 4.36. The van der Waals surface area contributed by atoms with Crippen LogP contribution in [0.25, 0.3) is 0 Å². The summed E-state index contributed by atoms with van der Waals surface area (Å²) in [4.78, 5) is 28.6. The quantitative estimate of drug-likeness (QED) is 0.718. The lowest BCUT2D eigenvalue weighted by atomic mass is 10.1. The number of carbonyl (C=O) groups excluding carboxylic acids is 2. The fraction of sp³-hybridized carbons (Fsp3) is 0.632. The van der Waals surface area contributed by atoms with Crippen molar-refractivity contribution in [2.75, 3.05) is 6.61 Å². The first-order valence-corrected chi connectivity index (χ1v) is 9.34. The normalized spacial score (nSPS) is 20.8. The highest BCUT2D eigenvalue weighted by Crippen LogP contribution is 2.44. The Hall–Kier alpha value is -2.11. The molecule has 0 aliphatic heterocycles. The monoisotopic (exact) mass is 343 g/mol. The summed E-state index contributed by atoms with van der Waals surface area (Å²) in [7, 11) is 0. The van der Waals surface area contributed by atoms with E-state index in [0.29, 0.717) is 36.7 Å². The Balaban J connectivity index is 1.46. The van der Waals surface area contributed by atoms with Crippen molar-refractivity contribution in [2.24, 2.45) is 17.6 Å². The molecule has 0 bridgehead atoms. The van der Waals surface area contributed by atoms with Gasteiger partial charge < -0.3 is 15.8 Å². The van der Waals surface area contributed by atoms with E-state index in [1.54, 1.807) is 6.07 Å². The molecule has 3 aliphatic rings. The molecule has 0 radical (unpaired) electrons. The highest BCUT2D eigenvalue weighted by molar-refractivity contribution is 5.96. The van der Waals surface area contributed by atoms with Crippen LogP contribution in [0.4, 0.5) is 0 Å². The summed E-state index contributed by atoms with van der Waals surface area (Å²) in [6, 6.07) is 3.05. The molecule has 134 valence electrons. The lowest BCUT2D eigenvalue weighted by molar-refractivity contribution is -0.120. The molecule has 3 N–H and O–H groups in total. The van der Waals surface area contributed by atoms with Gasteiger partial charge in [-0.1, -0.05) is 18.9 Å². The second-order valence-electron chi connectivity index (χ2n) is 7.73. The van der Waals surface area contributed by atoms with Crippen LogP contribution in [0.5, 0.6) is 5.88 Å². The van der Waals surface area contributed by atoms with Gasteiger partial charge in [-0.3, -0.25) is 9.59 Å². The second-order valence-corrected chi connectivity index (χ2v) is 7.73. The minimum absolute atomic E-state index is 0.289. The first-order chi connectivity index (χ1) is 12.1. The maximum Gasteiger partial charge on any atom is 0.270 e. The van der Waals surface area contributed by atoms with Crippen molar-refractivity contribution in [3.05, 3.63) is 23.4 Å². The van der Waals surface area contributed by atoms with Crippen LogP contribution in [0.15, 0.2) is 12.1 Å². The van der Waals surface area contributed by atoms with Gasteiger partial charge in [0, 0.05) is 5.56 Å². The number of amides is 2. The van der Waals surface area contributed by atoms with Crippen LogP contribution in [0.2, 0.25) is 0 Å². The van der Waals surface area contributed by atoms with Crippen molar-refractivity contribution in [1.29, 1.82) is 0 Å². The predicted octanol–water partition coefficient (Wildman–Crippen LogP) is 2.13. The Morgan fingerprint density at radius 2 is 1.88 bits per heavy atom. The molecule has 6 nitrogen and oxygen atoms in total. The van der Waals surface area contributed by atoms with Gasteiger partial charge in [0.1, 0.15) is 11.7 Å². The maximum atomic E-state index is 12.5. The topological polar surface area (TPSA) is 94.3 Å². The summed E-state index contributed by atoms with van der Waals surface area (Å²) >= 11 is 0. The number of ether oxygens (including phenoxy) is 1. The van der Waals surface area contributed by atoms with Crippen LogP contribution in [0, 0.1) is 11.8 Å². The van der Waals surface area contributed by atoms with E-state index < -0.39 is 11.9 Å². The van der Waals surface area contributed by atoms with E-state index in [9.17, 15) is 9.59 Å². The molecule has 0 unspecified atom stereocenters. The summed E-state index contributed by atoms with van der Waals surface area (Å²) in [5.74, 6) is 1.37. The Morgan fingerprint density at radius 3 is 2.48 bits per heavy atom. The van der Waals surface area contributed by atoms with Crippen molar-refractivity contribution in [3.63, 3.8) is 0 Å². The number of hydrogen-bond acceptors (Lipinski definition) is 4. The molecule has 1 heterocycles. The van der Waals surface area contributed by atoms with Crippen molar-refractivity contribution < 1.29 is 14.3 Å². The highest BCUT2D eigenvalue weighted by Gasteiger charge is 2.32. The zero-order valence-electron chi connectivity index (χ0n) is 14.4. The number of nitrogens with one attached hydrogen (secondary N) is 1. The molecule has 1 aromatic rings. The van der Waals surface area contributed by atoms with Crippen LogP contribution in [-0.2, 0) is 4.79 Å². The van der Waals surface area contributed by atoms with Gasteiger partial charge in [0.15, 0.2) is 0 Å². The van der Waals surface area contributed by atoms with Crippen LogP contribution in [0.3, 0.4) is 0 Å². The van der Waals surface area contributed by atoms with Gasteiger partial charge in [0.05, 0.1) is 6.61 Å². The van der Waals surface area contributed by atoms with Gasteiger partial charge in [0.2, 0.25) is 11.8 Å². The van der Waals surface area contributed by atoms with Crippen LogP contribution in [0.1, 0.15) is 66.9 Å². The SMILES string of the molecule is NC(=O)[C@H](CC1CC1)NC(=O)c1ccc(C2CC2)c(OCC2CC2)n1. The number of aromatic nitrogens is 1. The number of carbonyl (C=O) groups is 2. The van der Waals surface area contributed by atoms with E-state index in [2.05, 4.69) is 10.3 Å². The number of nitrogens with two attached hydrogens (primary N) is 1. The summed E-state index contributed by atoms with van der Waals surface area (Å²) in [5, 5.41) is 2.74. The number of rotatable bonds is 9. The molecule has 1 atom stereocenters. The van der Waals surface area contributed by atoms with Gasteiger partial charge in [0.25, 0.3) is 5.91 Å². The van der Waals surface area contributed by atoms with E-state index in [1.807, 2.05) is 6.07 Å². The standard InChI is InChI=1S/C19H25N3O3/c20-17(23)16(9-11-1-2-11)21-18(24)15-8-7-14(13-5-6-13)19(22-15)25-10-12-3-4-12/h7-8,11-13,16H,1-6,9-10H2,(H2,20,23)(H,21,24)/t16-/m0/s1. The van der Waals surface area contributed by atoms with Crippen LogP contribution in [-0.4, -0.2) is 29.4 Å². The smallest absolute Gasteiger partial charge is 0.270 e. The van der Waals surface area contributed by atoms with Crippen LogP contribution < -0.4 is 15.8 Å². The summed E-state index contributed by atoms with van der Waals surface area (Å²) < 4.78 is 5.90. The average molecular weight is 343 g/mol. The zero-order chi connectivity index (χ0) is 17.4. The van der Waals surface area contributed by atoms with Gasteiger partial charge in [-0.05, 0) is 55.9 Å². The minimum Gasteiger partial charge on any atom is -0.477 e. The summed E-state index contributed by atoms with van der Waals surface area (Å²) in [5.41, 5.74) is 6.82. The highest BCUT2D eigenvalue weighted by atomic mass is 16.5. The molecule has 3 saturated carbocycles. The molecule has 2 amide bonds. The molecule has 0 spiro atoms. The maximum absolute atomic E-state index is 12.5. The molecule has 0 saturated heterocycles. The minimum atomic E-state index is -0.624. The van der Waals surface area contributed by atoms with E-state index in [-0.39, 0.29) is 11.6 Å². The second kappa shape index (κ2) is 6.65. The number of hydrogen-bond donors (Lipinski definition) is 2. The van der Waals surface area contributed by atoms with E-state index in [1.165, 1.54) is 12.8 Å². The molecule has 1 aromatic heterocycles. The molecule has 6 heteroatoms. The van der Waals surface area contributed by atoms with Crippen molar-refractivity contribution in [1.82, 2.24) is 10.3 Å². The van der Waals surface area contributed by atoms with Gasteiger partial charge >= 0.3 is 0 Å². The molecule has 25 heavy (non-hydrogen) atoms. The van der Waals surface area contributed by atoms with Gasteiger partial charge in [-0.15, -0.1) is 0 Å². The van der Waals surface area contributed by atoms with Gasteiger partial charge in [-0.2, -0.15) is 0 Å². The first kappa shape index (κ1) is 16.4. The van der Waals surface area contributed by atoms with Crippen molar-refractivity contribution in [3.8, 4) is 5.88 Å². The molecule has 4 rings (SSSR count). The van der Waals surface area contributed by atoms with Gasteiger partial charge in [-0.25, -0.2) is 4.98 Å². The number of pyridine rings is 1. The van der Waals surface area contributed by atoms with E-state index >= 15 is 0 Å². The Labute approximate surface area is 147 Å². The lowest BCUT2D eigenvalue weighted by Gasteiger charge is -2.16. The fourth-order valence-electron chi connectivity index (χ4n) is 3.04. The molecule has 3 fully saturated rings. The first-order valence-electron chi connectivity index (χ1n) is 9.34. The number of primary amides is 1. The average Bonchev–Trinajstić information content (AvgIpc) is 3.46. The third-order valence-electron chi connectivity index (χ3n) is 5.21. The summed E-state index contributed by atoms with van der Waals surface area (Å²) in [6.07, 6.45) is 7.55. The third-order valence-corrected chi connectivity index (χ3v) is 5.21. The fourth-order valence-corrected chi connectivity index (χ4v) is 3.04. The Bertz CT molecular complexity index is 678. The van der Waals surface area contributed by atoms with E-state index in [0.717, 1.165) is 31.2 Å². The van der Waals surface area contributed by atoms with E-state index in [4.69, 9.17) is 10.5 Å². The third kappa shape index (κ3) is 4.30. The zero-order valence-corrected chi connectivity index (χ0v) is 14.4. The lowest BCUT2D eigenvalue weighted by Crippen LogP contribution is -2.45. The predicted molar refractivity (Wildman–Crippen MR) is 92.2 cm³/mol. The molecular formula is C19H25N3O3. The Morgan fingerprint density at radius 1 is 1.16 bits per heavy atom. The van der Waals surface area contributed by atoms with Crippen LogP contribution >= 0.6 is 0 Å². The summed E-state index contributed by atoms with van der Waals surface area (Å²) in [6.45, 7) is 0.670. The largest absolute Gasteiger partial charge is 0.477 e. The van der Waals surface area contributed by atoms with Crippen molar-refractivity contribution >= 4 is 11.8 Å².